The lowest BCUT2D eigenvalue weighted by molar-refractivity contribution is 0.0690. The van der Waals surface area contributed by atoms with Crippen molar-refractivity contribution in [1.82, 2.24) is 9.97 Å². The number of hydrogen-bond acceptors (Lipinski definition) is 4. The van der Waals surface area contributed by atoms with E-state index in [1.165, 1.54) is 6.07 Å². The Kier molecular flexibility index (Phi) is 3.61. The quantitative estimate of drug-likeness (QED) is 0.579. The zero-order valence-electron chi connectivity index (χ0n) is 10.6. The summed E-state index contributed by atoms with van der Waals surface area (Å²) in [6.07, 6.45) is 1.64. The summed E-state index contributed by atoms with van der Waals surface area (Å²) in [6.45, 7) is 3.95. The lowest BCUT2D eigenvalue weighted by Gasteiger charge is -2.00. The third kappa shape index (κ3) is 3.19. The van der Waals surface area contributed by atoms with Gasteiger partial charge >= 0.3 is 5.97 Å². The molecule has 2 rings (SSSR count). The first-order valence-electron chi connectivity index (χ1n) is 5.72. The predicted molar refractivity (Wildman–Crippen MR) is 72.7 cm³/mol. The minimum Gasteiger partial charge on any atom is -0.477 e. The maximum atomic E-state index is 10.8. The molecule has 0 aromatic carbocycles. The van der Waals surface area contributed by atoms with Crippen LogP contribution in [0.25, 0.3) is 0 Å². The third-order valence-corrected chi connectivity index (χ3v) is 2.53. The lowest BCUT2D eigenvalue weighted by atomic mass is 10.3. The van der Waals surface area contributed by atoms with E-state index in [-0.39, 0.29) is 5.69 Å². The summed E-state index contributed by atoms with van der Waals surface area (Å²) in [5.41, 5.74) is 5.73. The molecule has 0 fully saturated rings. The van der Waals surface area contributed by atoms with Crippen molar-refractivity contribution in [2.45, 2.75) is 13.8 Å². The molecule has 98 valence electrons. The normalized spacial score (nSPS) is 10.8. The fraction of sp³-hybridized carbons (Fsp3) is 0.154. The fourth-order valence-corrected chi connectivity index (χ4v) is 1.66. The van der Waals surface area contributed by atoms with E-state index in [4.69, 9.17) is 5.11 Å². The molecule has 2 aromatic rings. The zero-order valence-corrected chi connectivity index (χ0v) is 10.6. The first kappa shape index (κ1) is 12.8. The van der Waals surface area contributed by atoms with Crippen LogP contribution in [0.5, 0.6) is 0 Å². The second-order valence-corrected chi connectivity index (χ2v) is 4.13. The molecule has 2 aromatic heterocycles. The van der Waals surface area contributed by atoms with Gasteiger partial charge in [-0.2, -0.15) is 5.10 Å². The summed E-state index contributed by atoms with van der Waals surface area (Å²) in [4.78, 5) is 17.8. The number of H-pyrrole nitrogens is 1. The maximum absolute atomic E-state index is 10.8. The minimum atomic E-state index is -1.07. The summed E-state index contributed by atoms with van der Waals surface area (Å²) in [5, 5.41) is 12.8. The van der Waals surface area contributed by atoms with Crippen LogP contribution in [0.4, 0.5) is 5.82 Å². The molecule has 0 radical (unpaired) electrons. The predicted octanol–water partition coefficient (Wildman–Crippen LogP) is 2.17. The molecule has 2 heterocycles. The van der Waals surface area contributed by atoms with E-state index in [0.29, 0.717) is 5.82 Å². The zero-order chi connectivity index (χ0) is 13.8. The lowest BCUT2D eigenvalue weighted by Crippen LogP contribution is -2.02. The van der Waals surface area contributed by atoms with Gasteiger partial charge in [-0.25, -0.2) is 9.78 Å². The van der Waals surface area contributed by atoms with Gasteiger partial charge in [-0.15, -0.1) is 0 Å². The molecule has 0 unspecified atom stereocenters. The van der Waals surface area contributed by atoms with Crippen molar-refractivity contribution in [1.29, 1.82) is 0 Å². The number of anilines is 1. The third-order valence-electron chi connectivity index (χ3n) is 2.53. The molecular weight excluding hydrogens is 244 g/mol. The molecule has 0 saturated heterocycles. The van der Waals surface area contributed by atoms with E-state index >= 15 is 0 Å². The topological polar surface area (TPSA) is 90.4 Å². The Balaban J connectivity index is 2.08. The second kappa shape index (κ2) is 5.34. The number of aryl methyl sites for hydroxylation is 2. The standard InChI is InChI=1S/C13H14N4O2/c1-8-6-9(2)15-11(8)7-14-17-12-5-3-4-10(16-12)13(18)19/h3-7,15H,1-2H3,(H,16,17)(H,18,19)/b14-7-. The fourth-order valence-electron chi connectivity index (χ4n) is 1.66. The van der Waals surface area contributed by atoms with Gasteiger partial charge in [0.1, 0.15) is 5.82 Å². The number of aromatic amines is 1. The summed E-state index contributed by atoms with van der Waals surface area (Å²) < 4.78 is 0. The Morgan fingerprint density at radius 2 is 2.26 bits per heavy atom. The van der Waals surface area contributed by atoms with Gasteiger partial charge in [0, 0.05) is 5.69 Å². The number of hydrazone groups is 1. The highest BCUT2D eigenvalue weighted by Crippen LogP contribution is 2.07. The molecule has 0 bridgehead atoms. The molecule has 0 aliphatic carbocycles. The number of nitrogens with one attached hydrogen (secondary N) is 2. The number of carboxylic acids is 1. The van der Waals surface area contributed by atoms with Crippen molar-refractivity contribution in [2.75, 3.05) is 5.43 Å². The highest BCUT2D eigenvalue weighted by molar-refractivity contribution is 5.85. The monoisotopic (exact) mass is 258 g/mol. The number of aromatic nitrogens is 2. The van der Waals surface area contributed by atoms with Gasteiger partial charge in [-0.1, -0.05) is 6.07 Å². The average molecular weight is 258 g/mol. The molecule has 0 aliphatic heterocycles. The molecular formula is C13H14N4O2. The second-order valence-electron chi connectivity index (χ2n) is 4.13. The van der Waals surface area contributed by atoms with E-state index in [0.717, 1.165) is 17.0 Å². The number of aromatic carboxylic acids is 1. The van der Waals surface area contributed by atoms with Crippen LogP contribution in [0.2, 0.25) is 0 Å². The van der Waals surface area contributed by atoms with Gasteiger partial charge in [0.2, 0.25) is 0 Å². The van der Waals surface area contributed by atoms with Gasteiger partial charge in [0.05, 0.1) is 11.9 Å². The largest absolute Gasteiger partial charge is 0.477 e. The van der Waals surface area contributed by atoms with Crippen molar-refractivity contribution >= 4 is 18.0 Å². The van der Waals surface area contributed by atoms with Crippen LogP contribution < -0.4 is 5.43 Å². The van der Waals surface area contributed by atoms with Crippen LogP contribution in [0, 0.1) is 13.8 Å². The number of carboxylic acid groups (broad SMARTS) is 1. The molecule has 0 aliphatic rings. The van der Waals surface area contributed by atoms with E-state index in [1.54, 1.807) is 18.3 Å². The van der Waals surface area contributed by atoms with Crippen LogP contribution in [0.15, 0.2) is 29.4 Å². The first-order valence-corrected chi connectivity index (χ1v) is 5.72. The average Bonchev–Trinajstić information content (AvgIpc) is 2.68. The van der Waals surface area contributed by atoms with E-state index in [1.807, 2.05) is 19.9 Å². The highest BCUT2D eigenvalue weighted by atomic mass is 16.4. The van der Waals surface area contributed by atoms with Crippen molar-refractivity contribution < 1.29 is 9.90 Å². The molecule has 19 heavy (non-hydrogen) atoms. The van der Waals surface area contributed by atoms with Gasteiger partial charge in [-0.3, -0.25) is 5.43 Å². The summed E-state index contributed by atoms with van der Waals surface area (Å²) in [6, 6.07) is 6.70. The van der Waals surface area contributed by atoms with Crippen molar-refractivity contribution in [3.8, 4) is 0 Å². The first-order chi connectivity index (χ1) is 9.06. The molecule has 0 atom stereocenters. The SMILES string of the molecule is Cc1cc(C)c(/C=N\Nc2cccc(C(=O)O)n2)[nH]1. The van der Waals surface area contributed by atoms with Gasteiger partial charge in [0.15, 0.2) is 5.69 Å². The Labute approximate surface area is 110 Å². The van der Waals surface area contributed by atoms with Crippen LogP contribution in [0.3, 0.4) is 0 Å². The number of hydrogen-bond donors (Lipinski definition) is 3. The molecule has 6 heteroatoms. The van der Waals surface area contributed by atoms with Crippen LogP contribution in [-0.2, 0) is 0 Å². The maximum Gasteiger partial charge on any atom is 0.354 e. The van der Waals surface area contributed by atoms with E-state index < -0.39 is 5.97 Å². The molecule has 3 N–H and O–H groups in total. The van der Waals surface area contributed by atoms with Gasteiger partial charge < -0.3 is 10.1 Å². The Hall–Kier alpha value is -2.63. The molecule has 0 spiro atoms. The summed E-state index contributed by atoms with van der Waals surface area (Å²) in [5.74, 6) is -0.680. The molecule has 0 saturated carbocycles. The smallest absolute Gasteiger partial charge is 0.354 e. The van der Waals surface area contributed by atoms with Gasteiger partial charge in [0.25, 0.3) is 0 Å². The number of carbonyl (C=O) groups is 1. The Morgan fingerprint density at radius 3 is 2.89 bits per heavy atom. The van der Waals surface area contributed by atoms with E-state index in [2.05, 4.69) is 20.5 Å². The number of nitrogens with zero attached hydrogens (tertiary/aromatic N) is 2. The summed E-state index contributed by atoms with van der Waals surface area (Å²) in [7, 11) is 0. The van der Waals surface area contributed by atoms with Crippen LogP contribution in [0.1, 0.15) is 27.4 Å². The minimum absolute atomic E-state index is 0.0212. The Bertz CT molecular complexity index is 631. The highest BCUT2D eigenvalue weighted by Gasteiger charge is 2.04. The van der Waals surface area contributed by atoms with Crippen molar-refractivity contribution in [3.05, 3.63) is 46.9 Å². The van der Waals surface area contributed by atoms with Crippen LogP contribution >= 0.6 is 0 Å². The van der Waals surface area contributed by atoms with Crippen molar-refractivity contribution in [2.24, 2.45) is 5.10 Å². The van der Waals surface area contributed by atoms with E-state index in [9.17, 15) is 4.79 Å². The van der Waals surface area contributed by atoms with Crippen molar-refractivity contribution in [3.63, 3.8) is 0 Å². The number of rotatable bonds is 4. The molecule has 0 amide bonds. The summed E-state index contributed by atoms with van der Waals surface area (Å²) >= 11 is 0. The van der Waals surface area contributed by atoms with Gasteiger partial charge in [-0.05, 0) is 37.6 Å². The number of pyridine rings is 1. The van der Waals surface area contributed by atoms with Crippen LogP contribution in [-0.4, -0.2) is 27.3 Å². The molecule has 6 nitrogen and oxygen atoms in total. The Morgan fingerprint density at radius 1 is 1.47 bits per heavy atom.